The van der Waals surface area contributed by atoms with Crippen LogP contribution in [0.15, 0.2) is 51.8 Å². The van der Waals surface area contributed by atoms with Crippen molar-refractivity contribution in [3.8, 4) is 0 Å². The van der Waals surface area contributed by atoms with E-state index >= 15 is 0 Å². The Morgan fingerprint density at radius 1 is 1.09 bits per heavy atom. The molecule has 0 saturated heterocycles. The molecule has 4 nitrogen and oxygen atoms in total. The lowest BCUT2D eigenvalue weighted by molar-refractivity contribution is -0.119. The molecule has 23 heavy (non-hydrogen) atoms. The SMILES string of the molecule is O=C(CSc1ccccc1F)NNC(=O)c1cc(F)ccc1Br. The van der Waals surface area contributed by atoms with Gasteiger partial charge in [0.1, 0.15) is 11.6 Å². The van der Waals surface area contributed by atoms with Gasteiger partial charge in [-0.1, -0.05) is 12.1 Å². The molecule has 0 aliphatic carbocycles. The van der Waals surface area contributed by atoms with Gasteiger partial charge in [-0.25, -0.2) is 8.78 Å². The second-order valence-corrected chi connectivity index (χ2v) is 6.22. The number of benzene rings is 2. The zero-order chi connectivity index (χ0) is 16.8. The Balaban J connectivity index is 1.86. The van der Waals surface area contributed by atoms with Gasteiger partial charge in [0.05, 0.1) is 11.3 Å². The summed E-state index contributed by atoms with van der Waals surface area (Å²) in [7, 11) is 0. The van der Waals surface area contributed by atoms with E-state index in [0.717, 1.165) is 17.8 Å². The van der Waals surface area contributed by atoms with Crippen molar-refractivity contribution in [2.45, 2.75) is 4.90 Å². The van der Waals surface area contributed by atoms with E-state index in [-0.39, 0.29) is 11.3 Å². The molecule has 0 aromatic heterocycles. The molecule has 2 aromatic rings. The zero-order valence-electron chi connectivity index (χ0n) is 11.6. The first-order chi connectivity index (χ1) is 11.0. The van der Waals surface area contributed by atoms with Crippen molar-refractivity contribution in [1.29, 1.82) is 0 Å². The highest BCUT2D eigenvalue weighted by molar-refractivity contribution is 9.10. The minimum Gasteiger partial charge on any atom is -0.272 e. The number of carbonyl (C=O) groups excluding carboxylic acids is 2. The van der Waals surface area contributed by atoms with Gasteiger partial charge >= 0.3 is 0 Å². The van der Waals surface area contributed by atoms with E-state index in [1.165, 1.54) is 18.2 Å². The molecule has 0 spiro atoms. The standard InChI is InChI=1S/C15H11BrF2N2O2S/c16-11-6-5-9(17)7-10(11)15(22)20-19-14(21)8-23-13-4-2-1-3-12(13)18/h1-7H,8H2,(H,19,21)(H,20,22). The minimum absolute atomic E-state index is 0.0482. The maximum Gasteiger partial charge on any atom is 0.270 e. The number of rotatable bonds is 4. The van der Waals surface area contributed by atoms with Crippen LogP contribution in [0, 0.1) is 11.6 Å². The van der Waals surface area contributed by atoms with Crippen molar-refractivity contribution >= 4 is 39.5 Å². The van der Waals surface area contributed by atoms with Gasteiger partial charge in [-0.3, -0.25) is 20.4 Å². The van der Waals surface area contributed by atoms with Crippen LogP contribution in [0.3, 0.4) is 0 Å². The monoisotopic (exact) mass is 400 g/mol. The summed E-state index contributed by atoms with van der Waals surface area (Å²) in [4.78, 5) is 23.9. The number of amides is 2. The molecule has 0 aliphatic rings. The Hall–Kier alpha value is -1.93. The van der Waals surface area contributed by atoms with Crippen LogP contribution in [0.1, 0.15) is 10.4 Å². The predicted molar refractivity (Wildman–Crippen MR) is 86.8 cm³/mol. The summed E-state index contributed by atoms with van der Waals surface area (Å²) in [5, 5.41) is 0. The smallest absolute Gasteiger partial charge is 0.270 e. The van der Waals surface area contributed by atoms with Crippen molar-refractivity contribution < 1.29 is 18.4 Å². The van der Waals surface area contributed by atoms with E-state index < -0.39 is 23.4 Å². The first-order valence-corrected chi connectivity index (χ1v) is 8.17. The summed E-state index contributed by atoms with van der Waals surface area (Å²) in [6.45, 7) is 0. The summed E-state index contributed by atoms with van der Waals surface area (Å²) in [6, 6.07) is 9.69. The average Bonchev–Trinajstić information content (AvgIpc) is 2.54. The molecule has 8 heteroatoms. The molecule has 0 heterocycles. The van der Waals surface area contributed by atoms with Crippen LogP contribution in [0.4, 0.5) is 8.78 Å². The zero-order valence-corrected chi connectivity index (χ0v) is 14.0. The highest BCUT2D eigenvalue weighted by atomic mass is 79.9. The molecule has 120 valence electrons. The van der Waals surface area contributed by atoms with Gasteiger partial charge in [-0.15, -0.1) is 11.8 Å². The normalized spacial score (nSPS) is 10.2. The molecule has 2 rings (SSSR count). The Kier molecular flexibility index (Phi) is 6.12. The van der Waals surface area contributed by atoms with Gasteiger partial charge in [0.25, 0.3) is 5.91 Å². The largest absolute Gasteiger partial charge is 0.272 e. The Morgan fingerprint density at radius 3 is 2.57 bits per heavy atom. The molecule has 2 N–H and O–H groups in total. The lowest BCUT2D eigenvalue weighted by Crippen LogP contribution is -2.42. The van der Waals surface area contributed by atoms with E-state index in [2.05, 4.69) is 26.8 Å². The van der Waals surface area contributed by atoms with E-state index in [9.17, 15) is 18.4 Å². The highest BCUT2D eigenvalue weighted by Gasteiger charge is 2.12. The van der Waals surface area contributed by atoms with Crippen molar-refractivity contribution in [3.05, 3.63) is 64.1 Å². The Bertz CT molecular complexity index is 743. The fourth-order valence-electron chi connectivity index (χ4n) is 1.61. The lowest BCUT2D eigenvalue weighted by Gasteiger charge is -2.09. The number of hydrazine groups is 1. The molecule has 2 amide bonds. The van der Waals surface area contributed by atoms with Gasteiger partial charge in [0, 0.05) is 9.37 Å². The first-order valence-electron chi connectivity index (χ1n) is 6.39. The third-order valence-electron chi connectivity index (χ3n) is 2.68. The fourth-order valence-corrected chi connectivity index (χ4v) is 2.77. The number of hydrogen-bond acceptors (Lipinski definition) is 3. The van der Waals surface area contributed by atoms with Crippen molar-refractivity contribution in [2.24, 2.45) is 0 Å². The van der Waals surface area contributed by atoms with E-state index in [1.807, 2.05) is 0 Å². The van der Waals surface area contributed by atoms with Crippen molar-refractivity contribution in [2.75, 3.05) is 5.75 Å². The van der Waals surface area contributed by atoms with Crippen LogP contribution in [0.5, 0.6) is 0 Å². The van der Waals surface area contributed by atoms with Crippen molar-refractivity contribution in [3.63, 3.8) is 0 Å². The molecular weight excluding hydrogens is 390 g/mol. The van der Waals surface area contributed by atoms with Gasteiger partial charge < -0.3 is 0 Å². The number of halogens is 3. The highest BCUT2D eigenvalue weighted by Crippen LogP contribution is 2.20. The number of carbonyl (C=O) groups is 2. The molecule has 0 saturated carbocycles. The molecule has 0 bridgehead atoms. The van der Waals surface area contributed by atoms with E-state index in [0.29, 0.717) is 9.37 Å². The number of nitrogens with one attached hydrogen (secondary N) is 2. The van der Waals surface area contributed by atoms with Crippen molar-refractivity contribution in [1.82, 2.24) is 10.9 Å². The van der Waals surface area contributed by atoms with E-state index in [4.69, 9.17) is 0 Å². The van der Waals surface area contributed by atoms with Crippen LogP contribution in [-0.2, 0) is 4.79 Å². The van der Waals surface area contributed by atoms with Gasteiger partial charge in [0.15, 0.2) is 0 Å². The molecular formula is C15H11BrF2N2O2S. The Labute approximate surface area is 143 Å². The maximum absolute atomic E-state index is 13.4. The quantitative estimate of drug-likeness (QED) is 0.611. The third-order valence-corrected chi connectivity index (χ3v) is 4.42. The molecule has 2 aromatic carbocycles. The van der Waals surface area contributed by atoms with Gasteiger partial charge in [-0.05, 0) is 46.3 Å². The Morgan fingerprint density at radius 2 is 1.83 bits per heavy atom. The summed E-state index contributed by atoms with van der Waals surface area (Å²) in [5.74, 6) is -2.25. The van der Waals surface area contributed by atoms with Gasteiger partial charge in [0.2, 0.25) is 5.91 Å². The molecule has 0 fully saturated rings. The molecule has 0 unspecified atom stereocenters. The molecule has 0 radical (unpaired) electrons. The number of hydrogen-bond donors (Lipinski definition) is 2. The van der Waals surface area contributed by atoms with E-state index in [1.54, 1.807) is 18.2 Å². The summed E-state index contributed by atoms with van der Waals surface area (Å²) in [6.07, 6.45) is 0. The molecule has 0 aliphatic heterocycles. The summed E-state index contributed by atoms with van der Waals surface area (Å²) >= 11 is 4.12. The minimum atomic E-state index is -0.666. The fraction of sp³-hybridized carbons (Fsp3) is 0.0667. The van der Waals surface area contributed by atoms with Crippen LogP contribution in [0.2, 0.25) is 0 Å². The average molecular weight is 401 g/mol. The first kappa shape index (κ1) is 17.4. The third kappa shape index (κ3) is 5.04. The van der Waals surface area contributed by atoms with Crippen LogP contribution < -0.4 is 10.9 Å². The van der Waals surface area contributed by atoms with Gasteiger partial charge in [-0.2, -0.15) is 0 Å². The predicted octanol–water partition coefficient (Wildman–Crippen LogP) is 3.28. The van der Waals surface area contributed by atoms with Crippen LogP contribution >= 0.6 is 27.7 Å². The molecule has 0 atom stereocenters. The lowest BCUT2D eigenvalue weighted by atomic mass is 10.2. The topological polar surface area (TPSA) is 58.2 Å². The second kappa shape index (κ2) is 8.07. The van der Waals surface area contributed by atoms with Crippen LogP contribution in [0.25, 0.3) is 0 Å². The number of thioether (sulfide) groups is 1. The summed E-state index contributed by atoms with van der Waals surface area (Å²) in [5.41, 5.74) is 4.42. The maximum atomic E-state index is 13.4. The summed E-state index contributed by atoms with van der Waals surface area (Å²) < 4.78 is 26.9. The second-order valence-electron chi connectivity index (χ2n) is 4.35. The van der Waals surface area contributed by atoms with Crippen LogP contribution in [-0.4, -0.2) is 17.6 Å².